The molecule has 27 heavy (non-hydrogen) atoms. The summed E-state index contributed by atoms with van der Waals surface area (Å²) < 4.78 is 1.40. The fourth-order valence-electron chi connectivity index (χ4n) is 3.56. The number of carbonyl (C=O) groups is 1. The first-order valence-corrected chi connectivity index (χ1v) is 9.27. The Balaban J connectivity index is 1.61. The Kier molecular flexibility index (Phi) is 4.98. The van der Waals surface area contributed by atoms with Crippen LogP contribution in [0, 0.1) is 0 Å². The predicted octanol–water partition coefficient (Wildman–Crippen LogP) is 2.26. The number of aromatic nitrogens is 2. The standard InChI is InChI=1S/C21H22N4O2/c26-20(17-14-22-19-10-4-5-13-25(19)21(17)27)23-18(15-24-11-6-7-12-24)16-8-2-1-3-9-16/h1-5,8-10,13-14,18H,6-7,11-12,15H2,(H,23,26). The van der Waals surface area contributed by atoms with Crippen molar-refractivity contribution in [2.24, 2.45) is 0 Å². The molecular formula is C21H22N4O2. The summed E-state index contributed by atoms with van der Waals surface area (Å²) in [5, 5.41) is 3.05. The maximum absolute atomic E-state index is 12.9. The average Bonchev–Trinajstić information content (AvgIpc) is 3.22. The van der Waals surface area contributed by atoms with E-state index in [1.807, 2.05) is 36.4 Å². The summed E-state index contributed by atoms with van der Waals surface area (Å²) in [5.74, 6) is -0.390. The molecule has 0 saturated carbocycles. The van der Waals surface area contributed by atoms with Crippen LogP contribution in [0.5, 0.6) is 0 Å². The van der Waals surface area contributed by atoms with Crippen molar-refractivity contribution in [2.75, 3.05) is 19.6 Å². The Morgan fingerprint density at radius 1 is 1.07 bits per heavy atom. The Hall–Kier alpha value is -2.99. The molecule has 1 fully saturated rings. The Labute approximate surface area is 157 Å². The van der Waals surface area contributed by atoms with Crippen molar-refractivity contribution in [1.82, 2.24) is 19.6 Å². The van der Waals surface area contributed by atoms with Crippen molar-refractivity contribution < 1.29 is 4.79 Å². The highest BCUT2D eigenvalue weighted by atomic mass is 16.2. The van der Waals surface area contributed by atoms with Gasteiger partial charge in [0, 0.05) is 18.9 Å². The van der Waals surface area contributed by atoms with Gasteiger partial charge in [0.25, 0.3) is 11.5 Å². The minimum Gasteiger partial charge on any atom is -0.344 e. The average molecular weight is 362 g/mol. The molecule has 1 atom stereocenters. The van der Waals surface area contributed by atoms with Gasteiger partial charge < -0.3 is 10.2 Å². The molecule has 0 spiro atoms. The summed E-state index contributed by atoms with van der Waals surface area (Å²) >= 11 is 0. The summed E-state index contributed by atoms with van der Waals surface area (Å²) in [5.41, 5.74) is 1.26. The fourth-order valence-corrected chi connectivity index (χ4v) is 3.56. The second-order valence-corrected chi connectivity index (χ2v) is 6.85. The van der Waals surface area contributed by atoms with Crippen LogP contribution < -0.4 is 10.9 Å². The van der Waals surface area contributed by atoms with Gasteiger partial charge in [-0.05, 0) is 43.6 Å². The van der Waals surface area contributed by atoms with Crippen LogP contribution in [0.2, 0.25) is 0 Å². The van der Waals surface area contributed by atoms with Gasteiger partial charge in [-0.25, -0.2) is 4.98 Å². The third-order valence-electron chi connectivity index (χ3n) is 5.00. The van der Waals surface area contributed by atoms with Gasteiger partial charge in [0.1, 0.15) is 11.2 Å². The number of benzene rings is 1. The van der Waals surface area contributed by atoms with E-state index in [1.54, 1.807) is 18.3 Å². The smallest absolute Gasteiger partial charge is 0.270 e. The monoisotopic (exact) mass is 362 g/mol. The lowest BCUT2D eigenvalue weighted by molar-refractivity contribution is 0.0925. The molecular weight excluding hydrogens is 340 g/mol. The van der Waals surface area contributed by atoms with Crippen LogP contribution in [0.1, 0.15) is 34.8 Å². The van der Waals surface area contributed by atoms with Crippen LogP contribution in [0.25, 0.3) is 5.65 Å². The molecule has 3 heterocycles. The molecule has 1 unspecified atom stereocenters. The second-order valence-electron chi connectivity index (χ2n) is 6.85. The molecule has 0 radical (unpaired) electrons. The molecule has 138 valence electrons. The number of nitrogens with one attached hydrogen (secondary N) is 1. The van der Waals surface area contributed by atoms with Crippen LogP contribution in [0.15, 0.2) is 65.7 Å². The van der Waals surface area contributed by atoms with E-state index in [0.29, 0.717) is 5.65 Å². The van der Waals surface area contributed by atoms with Gasteiger partial charge in [0.05, 0.1) is 6.04 Å². The Morgan fingerprint density at radius 2 is 1.81 bits per heavy atom. The van der Waals surface area contributed by atoms with Gasteiger partial charge in [-0.2, -0.15) is 0 Å². The van der Waals surface area contributed by atoms with E-state index in [4.69, 9.17) is 0 Å². The van der Waals surface area contributed by atoms with Gasteiger partial charge in [0.2, 0.25) is 0 Å². The lowest BCUT2D eigenvalue weighted by Crippen LogP contribution is -2.39. The molecule has 4 rings (SSSR count). The minimum atomic E-state index is -0.390. The molecule has 1 amide bonds. The van der Waals surface area contributed by atoms with Gasteiger partial charge in [0.15, 0.2) is 0 Å². The first kappa shape index (κ1) is 17.4. The molecule has 2 aromatic heterocycles. The van der Waals surface area contributed by atoms with Crippen molar-refractivity contribution in [1.29, 1.82) is 0 Å². The topological polar surface area (TPSA) is 66.7 Å². The molecule has 0 aliphatic carbocycles. The van der Waals surface area contributed by atoms with Crippen molar-refractivity contribution >= 4 is 11.6 Å². The zero-order chi connectivity index (χ0) is 18.6. The quantitative estimate of drug-likeness (QED) is 0.756. The zero-order valence-corrected chi connectivity index (χ0v) is 15.0. The Bertz CT molecular complexity index is 994. The highest BCUT2D eigenvalue weighted by Crippen LogP contribution is 2.18. The lowest BCUT2D eigenvalue weighted by Gasteiger charge is -2.25. The maximum atomic E-state index is 12.9. The van der Waals surface area contributed by atoms with Gasteiger partial charge in [-0.1, -0.05) is 36.4 Å². The highest BCUT2D eigenvalue weighted by Gasteiger charge is 2.22. The zero-order valence-electron chi connectivity index (χ0n) is 15.0. The van der Waals surface area contributed by atoms with Gasteiger partial charge in [-0.15, -0.1) is 0 Å². The van der Waals surface area contributed by atoms with Crippen LogP contribution >= 0.6 is 0 Å². The number of rotatable bonds is 5. The fraction of sp³-hybridized carbons (Fsp3) is 0.286. The van der Waals surface area contributed by atoms with Gasteiger partial charge in [-0.3, -0.25) is 14.0 Å². The van der Waals surface area contributed by atoms with E-state index in [1.165, 1.54) is 23.4 Å². The maximum Gasteiger partial charge on any atom is 0.270 e. The number of hydrogen-bond acceptors (Lipinski definition) is 4. The van der Waals surface area contributed by atoms with Crippen molar-refractivity contribution in [3.05, 3.63) is 82.4 Å². The van der Waals surface area contributed by atoms with E-state index in [2.05, 4.69) is 15.2 Å². The summed E-state index contributed by atoms with van der Waals surface area (Å²) in [6.07, 6.45) is 5.36. The molecule has 1 aliphatic rings. The normalized spacial score (nSPS) is 15.7. The summed E-state index contributed by atoms with van der Waals surface area (Å²) in [6, 6.07) is 15.0. The van der Waals surface area contributed by atoms with E-state index >= 15 is 0 Å². The van der Waals surface area contributed by atoms with Crippen LogP contribution in [0.4, 0.5) is 0 Å². The molecule has 1 saturated heterocycles. The molecule has 6 nitrogen and oxygen atoms in total. The molecule has 3 aromatic rings. The summed E-state index contributed by atoms with van der Waals surface area (Å²) in [4.78, 5) is 32.2. The van der Waals surface area contributed by atoms with Gasteiger partial charge >= 0.3 is 0 Å². The number of likely N-dealkylation sites (tertiary alicyclic amines) is 1. The van der Waals surface area contributed by atoms with E-state index in [9.17, 15) is 9.59 Å². The number of pyridine rings is 1. The number of fused-ring (bicyclic) bond motifs is 1. The van der Waals surface area contributed by atoms with E-state index in [0.717, 1.165) is 25.2 Å². The van der Waals surface area contributed by atoms with E-state index < -0.39 is 0 Å². The first-order valence-electron chi connectivity index (χ1n) is 9.27. The largest absolute Gasteiger partial charge is 0.344 e. The minimum absolute atomic E-state index is 0.0565. The van der Waals surface area contributed by atoms with Crippen LogP contribution in [-0.2, 0) is 0 Å². The number of hydrogen-bond donors (Lipinski definition) is 1. The van der Waals surface area contributed by atoms with Crippen molar-refractivity contribution in [2.45, 2.75) is 18.9 Å². The number of carbonyl (C=O) groups excluding carboxylic acids is 1. The Morgan fingerprint density at radius 3 is 2.59 bits per heavy atom. The third kappa shape index (κ3) is 3.75. The third-order valence-corrected chi connectivity index (χ3v) is 5.00. The predicted molar refractivity (Wildman–Crippen MR) is 104 cm³/mol. The SMILES string of the molecule is O=C(NC(CN1CCCC1)c1ccccc1)c1cnc2ccccn2c1=O. The van der Waals surface area contributed by atoms with Crippen LogP contribution in [0.3, 0.4) is 0 Å². The summed E-state index contributed by atoms with van der Waals surface area (Å²) in [6.45, 7) is 2.82. The summed E-state index contributed by atoms with van der Waals surface area (Å²) in [7, 11) is 0. The van der Waals surface area contributed by atoms with E-state index in [-0.39, 0.29) is 23.1 Å². The molecule has 6 heteroatoms. The number of nitrogens with zero attached hydrogens (tertiary/aromatic N) is 3. The van der Waals surface area contributed by atoms with Crippen molar-refractivity contribution in [3.8, 4) is 0 Å². The molecule has 1 aromatic carbocycles. The lowest BCUT2D eigenvalue weighted by atomic mass is 10.1. The number of amides is 1. The second kappa shape index (κ2) is 7.72. The highest BCUT2D eigenvalue weighted by molar-refractivity contribution is 5.94. The molecule has 1 N–H and O–H groups in total. The molecule has 1 aliphatic heterocycles. The molecule has 0 bridgehead atoms. The first-order chi connectivity index (χ1) is 13.2. The van der Waals surface area contributed by atoms with Crippen LogP contribution in [-0.4, -0.2) is 39.8 Å². The van der Waals surface area contributed by atoms with Crippen molar-refractivity contribution in [3.63, 3.8) is 0 Å².